The predicted molar refractivity (Wildman–Crippen MR) is 112 cm³/mol. The van der Waals surface area contributed by atoms with Crippen molar-refractivity contribution in [3.8, 4) is 0 Å². The predicted octanol–water partition coefficient (Wildman–Crippen LogP) is 4.69. The van der Waals surface area contributed by atoms with Gasteiger partial charge in [0.25, 0.3) is 0 Å². The fraction of sp³-hybridized carbons (Fsp3) is 0.381. The minimum Gasteiger partial charge on any atom is -0.371 e. The maximum absolute atomic E-state index is 14.2. The quantitative estimate of drug-likeness (QED) is 0.563. The Labute approximate surface area is 168 Å². The van der Waals surface area contributed by atoms with Crippen LogP contribution in [0.2, 0.25) is 0 Å². The second-order valence-electron chi connectivity index (χ2n) is 7.72. The van der Waals surface area contributed by atoms with Crippen LogP contribution in [0.4, 0.5) is 33.3 Å². The summed E-state index contributed by atoms with van der Waals surface area (Å²) >= 11 is 0. The third-order valence-corrected chi connectivity index (χ3v) is 5.43. The van der Waals surface area contributed by atoms with E-state index >= 15 is 0 Å². The maximum Gasteiger partial charge on any atom is 0.229 e. The normalized spacial score (nSPS) is 16.7. The van der Waals surface area contributed by atoms with Gasteiger partial charge < -0.3 is 15.5 Å². The largest absolute Gasteiger partial charge is 0.371 e. The zero-order valence-corrected chi connectivity index (χ0v) is 16.2. The van der Waals surface area contributed by atoms with Gasteiger partial charge in [-0.05, 0) is 50.3 Å². The molecule has 1 saturated heterocycles. The number of nitrogens with one attached hydrogen (secondary N) is 3. The summed E-state index contributed by atoms with van der Waals surface area (Å²) in [5.41, 5.74) is 3.13. The minimum absolute atomic E-state index is 0.100. The molecule has 5 rings (SSSR count). The van der Waals surface area contributed by atoms with Crippen LogP contribution in [0.25, 0.3) is 0 Å². The second kappa shape index (κ2) is 7.69. The van der Waals surface area contributed by atoms with Crippen LogP contribution in [-0.4, -0.2) is 33.3 Å². The van der Waals surface area contributed by atoms with Gasteiger partial charge >= 0.3 is 0 Å². The van der Waals surface area contributed by atoms with E-state index in [1.165, 1.54) is 44.0 Å². The minimum atomic E-state index is -0.520. The van der Waals surface area contributed by atoms with E-state index in [9.17, 15) is 4.39 Å². The van der Waals surface area contributed by atoms with Crippen molar-refractivity contribution in [2.45, 2.75) is 38.0 Å². The van der Waals surface area contributed by atoms with Gasteiger partial charge in [-0.25, -0.2) is 9.37 Å². The average Bonchev–Trinajstić information content (AvgIpc) is 3.50. The van der Waals surface area contributed by atoms with Gasteiger partial charge in [-0.2, -0.15) is 10.1 Å². The Morgan fingerprint density at radius 3 is 2.76 bits per heavy atom. The van der Waals surface area contributed by atoms with E-state index in [-0.39, 0.29) is 5.82 Å². The number of halogens is 1. The Hall–Kier alpha value is -3.16. The van der Waals surface area contributed by atoms with E-state index in [4.69, 9.17) is 0 Å². The zero-order chi connectivity index (χ0) is 19.6. The Morgan fingerprint density at radius 1 is 1.07 bits per heavy atom. The molecule has 1 aliphatic carbocycles. The lowest BCUT2D eigenvalue weighted by atomic mass is 10.1. The zero-order valence-electron chi connectivity index (χ0n) is 16.2. The lowest BCUT2D eigenvalue weighted by Gasteiger charge is -2.29. The van der Waals surface area contributed by atoms with Crippen molar-refractivity contribution < 1.29 is 4.39 Å². The molecule has 3 heterocycles. The highest BCUT2D eigenvalue weighted by atomic mass is 19.1. The number of benzene rings is 1. The summed E-state index contributed by atoms with van der Waals surface area (Å²) in [5.74, 6) is 1.03. The number of aromatic nitrogens is 4. The fourth-order valence-electron chi connectivity index (χ4n) is 3.70. The second-order valence-corrected chi connectivity index (χ2v) is 7.72. The molecule has 29 heavy (non-hydrogen) atoms. The summed E-state index contributed by atoms with van der Waals surface area (Å²) in [6, 6.07) is 10.1. The third kappa shape index (κ3) is 4.16. The Bertz CT molecular complexity index is 992. The SMILES string of the molecule is Fc1cnc(Nc2cccc(N3CCCCC3)c2)nc1Nc1cc(C2CC2)[nH]n1. The lowest BCUT2D eigenvalue weighted by molar-refractivity contribution is 0.578. The molecule has 3 N–H and O–H groups in total. The molecule has 1 aromatic carbocycles. The van der Waals surface area contributed by atoms with Gasteiger partial charge in [0.1, 0.15) is 0 Å². The van der Waals surface area contributed by atoms with Gasteiger partial charge in [-0.1, -0.05) is 6.07 Å². The number of hydrogen-bond donors (Lipinski definition) is 3. The summed E-state index contributed by atoms with van der Waals surface area (Å²) in [4.78, 5) is 10.8. The van der Waals surface area contributed by atoms with E-state index in [1.807, 2.05) is 18.2 Å². The molecule has 7 nitrogen and oxygen atoms in total. The van der Waals surface area contributed by atoms with Crippen molar-refractivity contribution in [1.82, 2.24) is 20.2 Å². The number of H-pyrrole nitrogens is 1. The Morgan fingerprint density at radius 2 is 1.93 bits per heavy atom. The molecule has 0 unspecified atom stereocenters. The van der Waals surface area contributed by atoms with E-state index < -0.39 is 5.82 Å². The first-order valence-corrected chi connectivity index (χ1v) is 10.2. The standard InChI is InChI=1S/C21H24FN7/c22-17-13-23-21(26-20(17)25-19-12-18(27-28-19)14-7-8-14)24-15-5-4-6-16(11-15)29-9-2-1-3-10-29/h4-6,11-14H,1-3,7-10H2,(H3,23,24,25,26,27,28). The molecule has 0 atom stereocenters. The molecule has 0 radical (unpaired) electrons. The smallest absolute Gasteiger partial charge is 0.229 e. The Balaban J connectivity index is 1.31. The molecular formula is C21H24FN7. The lowest BCUT2D eigenvalue weighted by Crippen LogP contribution is -2.29. The maximum atomic E-state index is 14.2. The van der Waals surface area contributed by atoms with E-state index in [0.29, 0.717) is 17.7 Å². The van der Waals surface area contributed by atoms with Crippen molar-refractivity contribution in [2.24, 2.45) is 0 Å². The summed E-state index contributed by atoms with van der Waals surface area (Å²) < 4.78 is 14.2. The molecule has 1 saturated carbocycles. The molecule has 0 amide bonds. The Kier molecular flexibility index (Phi) is 4.75. The van der Waals surface area contributed by atoms with Crippen molar-refractivity contribution in [1.29, 1.82) is 0 Å². The van der Waals surface area contributed by atoms with Crippen LogP contribution >= 0.6 is 0 Å². The van der Waals surface area contributed by atoms with Crippen molar-refractivity contribution >= 4 is 29.0 Å². The molecular weight excluding hydrogens is 369 g/mol. The molecule has 3 aromatic rings. The van der Waals surface area contributed by atoms with Crippen LogP contribution < -0.4 is 15.5 Å². The number of piperidine rings is 1. The van der Waals surface area contributed by atoms with Crippen molar-refractivity contribution in [3.63, 3.8) is 0 Å². The van der Waals surface area contributed by atoms with Gasteiger partial charge in [-0.15, -0.1) is 0 Å². The monoisotopic (exact) mass is 393 g/mol. The number of nitrogens with zero attached hydrogens (tertiary/aromatic N) is 4. The van der Waals surface area contributed by atoms with Crippen molar-refractivity contribution in [2.75, 3.05) is 28.6 Å². The first-order chi connectivity index (χ1) is 14.2. The van der Waals surface area contributed by atoms with Crippen LogP contribution in [0, 0.1) is 5.82 Å². The summed E-state index contributed by atoms with van der Waals surface area (Å²) in [7, 11) is 0. The highest BCUT2D eigenvalue weighted by molar-refractivity contribution is 5.63. The van der Waals surface area contributed by atoms with E-state index in [2.05, 4.69) is 47.8 Å². The van der Waals surface area contributed by atoms with Crippen LogP contribution in [0.1, 0.15) is 43.7 Å². The third-order valence-electron chi connectivity index (χ3n) is 5.43. The molecule has 8 heteroatoms. The fourth-order valence-corrected chi connectivity index (χ4v) is 3.70. The molecule has 2 aliphatic rings. The molecule has 1 aliphatic heterocycles. The van der Waals surface area contributed by atoms with Gasteiger partial charge in [0.15, 0.2) is 17.5 Å². The number of aromatic amines is 1. The first kappa shape index (κ1) is 17.9. The van der Waals surface area contributed by atoms with Crippen molar-refractivity contribution in [3.05, 3.63) is 48.0 Å². The van der Waals surface area contributed by atoms with Crippen LogP contribution in [0.15, 0.2) is 36.5 Å². The first-order valence-electron chi connectivity index (χ1n) is 10.2. The number of rotatable bonds is 6. The number of anilines is 5. The van der Waals surface area contributed by atoms with Gasteiger partial charge in [0, 0.05) is 42.1 Å². The van der Waals surface area contributed by atoms with Gasteiger partial charge in [-0.3, -0.25) is 5.10 Å². The van der Waals surface area contributed by atoms with Crippen LogP contribution in [0.3, 0.4) is 0 Å². The molecule has 2 fully saturated rings. The van der Waals surface area contributed by atoms with Crippen LogP contribution in [-0.2, 0) is 0 Å². The molecule has 150 valence electrons. The topological polar surface area (TPSA) is 81.8 Å². The summed E-state index contributed by atoms with van der Waals surface area (Å²) in [6.07, 6.45) is 7.27. The molecule has 2 aromatic heterocycles. The highest BCUT2D eigenvalue weighted by Gasteiger charge is 2.25. The van der Waals surface area contributed by atoms with Gasteiger partial charge in [0.05, 0.1) is 6.20 Å². The highest BCUT2D eigenvalue weighted by Crippen LogP contribution is 2.39. The number of hydrogen-bond acceptors (Lipinski definition) is 6. The molecule has 0 spiro atoms. The van der Waals surface area contributed by atoms with Crippen LogP contribution in [0.5, 0.6) is 0 Å². The van der Waals surface area contributed by atoms with E-state index in [1.54, 1.807) is 0 Å². The van der Waals surface area contributed by atoms with Gasteiger partial charge in [0.2, 0.25) is 5.95 Å². The summed E-state index contributed by atoms with van der Waals surface area (Å²) in [6.45, 7) is 2.16. The van der Waals surface area contributed by atoms with E-state index in [0.717, 1.165) is 24.5 Å². The average molecular weight is 393 g/mol. The summed E-state index contributed by atoms with van der Waals surface area (Å²) in [5, 5.41) is 13.3. The molecule has 0 bridgehead atoms.